The molecule has 0 saturated carbocycles. The van der Waals surface area contributed by atoms with Crippen molar-refractivity contribution in [3.05, 3.63) is 93.4 Å². The van der Waals surface area contributed by atoms with E-state index in [1.807, 2.05) is 19.1 Å². The molecule has 0 aliphatic rings. The molecule has 2 heterocycles. The van der Waals surface area contributed by atoms with Crippen LogP contribution < -0.4 is 20.9 Å². The van der Waals surface area contributed by atoms with Gasteiger partial charge in [-0.15, -0.1) is 0 Å². The number of anilines is 3. The van der Waals surface area contributed by atoms with Gasteiger partial charge in [-0.05, 0) is 42.8 Å². The lowest BCUT2D eigenvalue weighted by Gasteiger charge is -2.16. The second kappa shape index (κ2) is 9.27. The van der Waals surface area contributed by atoms with Crippen LogP contribution in [0.2, 0.25) is 5.02 Å². The third kappa shape index (κ3) is 4.09. The zero-order chi connectivity index (χ0) is 25.4. The molecule has 180 valence electrons. The molecule has 5 aromatic rings. The summed E-state index contributed by atoms with van der Waals surface area (Å²) in [6.45, 7) is 1.85. The van der Waals surface area contributed by atoms with E-state index < -0.39 is 11.7 Å². The fourth-order valence-electron chi connectivity index (χ4n) is 3.98. The zero-order valence-electron chi connectivity index (χ0n) is 19.1. The van der Waals surface area contributed by atoms with Crippen LogP contribution in [-0.4, -0.2) is 28.0 Å². The average molecular weight is 504 g/mol. The first-order chi connectivity index (χ1) is 17.4. The summed E-state index contributed by atoms with van der Waals surface area (Å²) >= 11 is 5.91. The molecule has 36 heavy (non-hydrogen) atoms. The maximum Gasteiger partial charge on any atom is 0.258 e. The second-order valence-corrected chi connectivity index (χ2v) is 8.40. The summed E-state index contributed by atoms with van der Waals surface area (Å²) in [4.78, 5) is 36.8. The van der Waals surface area contributed by atoms with Crippen LogP contribution in [-0.2, 0) is 0 Å². The topological polar surface area (TPSA) is 109 Å². The number of methoxy groups -OCH3 is 1. The Hall–Kier alpha value is -4.50. The molecule has 5 rings (SSSR count). The van der Waals surface area contributed by atoms with Crippen LogP contribution in [0.1, 0.15) is 15.9 Å². The first-order valence-electron chi connectivity index (χ1n) is 10.8. The number of aromatic nitrogens is 3. The molecule has 0 fully saturated rings. The number of aryl methyl sites for hydroxylation is 1. The van der Waals surface area contributed by atoms with Crippen LogP contribution in [0, 0.1) is 12.7 Å². The van der Waals surface area contributed by atoms with Gasteiger partial charge in [-0.25, -0.2) is 14.4 Å². The van der Waals surface area contributed by atoms with Gasteiger partial charge in [0.25, 0.3) is 11.5 Å². The summed E-state index contributed by atoms with van der Waals surface area (Å²) in [6.07, 6.45) is 2.81. The Morgan fingerprint density at radius 1 is 1.08 bits per heavy atom. The Labute approximate surface area is 209 Å². The number of hydrogen-bond acceptors (Lipinski definition) is 6. The highest BCUT2D eigenvalue weighted by atomic mass is 35.5. The number of fused-ring (bicyclic) bond motifs is 2. The molecule has 0 aliphatic carbocycles. The lowest BCUT2D eigenvalue weighted by atomic mass is 10.0. The monoisotopic (exact) mass is 503 g/mol. The van der Waals surface area contributed by atoms with E-state index in [-0.39, 0.29) is 32.7 Å². The largest absolute Gasteiger partial charge is 0.497 e. The molecule has 1 amide bonds. The molecule has 0 atom stereocenters. The molecule has 2 aromatic heterocycles. The van der Waals surface area contributed by atoms with Crippen molar-refractivity contribution < 1.29 is 13.9 Å². The number of amides is 1. The van der Waals surface area contributed by atoms with Gasteiger partial charge in [-0.1, -0.05) is 29.8 Å². The van der Waals surface area contributed by atoms with E-state index in [9.17, 15) is 14.0 Å². The first kappa shape index (κ1) is 23.3. The number of nitrogens with one attached hydrogen (secondary N) is 3. The van der Waals surface area contributed by atoms with Gasteiger partial charge < -0.3 is 20.4 Å². The quantitative estimate of drug-likeness (QED) is 0.289. The molecule has 3 aromatic carbocycles. The number of carbonyl (C=O) groups excluding carboxylic acids is 1. The summed E-state index contributed by atoms with van der Waals surface area (Å²) in [5, 5.41) is 7.49. The van der Waals surface area contributed by atoms with Crippen LogP contribution in [0.4, 0.5) is 21.6 Å². The van der Waals surface area contributed by atoms with Gasteiger partial charge in [0, 0.05) is 17.0 Å². The predicted octanol–water partition coefficient (Wildman–Crippen LogP) is 5.58. The maximum absolute atomic E-state index is 14.5. The number of pyridine rings is 1. The Bertz CT molecular complexity index is 1720. The Morgan fingerprint density at radius 3 is 2.72 bits per heavy atom. The molecule has 8 nitrogen and oxygen atoms in total. The van der Waals surface area contributed by atoms with Gasteiger partial charge in [0.2, 0.25) is 0 Å². The van der Waals surface area contributed by atoms with Crippen LogP contribution in [0.25, 0.3) is 21.7 Å². The van der Waals surface area contributed by atoms with Crippen molar-refractivity contribution in [2.24, 2.45) is 0 Å². The molecule has 0 bridgehead atoms. The average Bonchev–Trinajstić information content (AvgIpc) is 2.88. The number of aromatic amines is 1. The van der Waals surface area contributed by atoms with E-state index in [1.165, 1.54) is 31.6 Å². The van der Waals surface area contributed by atoms with E-state index in [0.29, 0.717) is 28.0 Å². The zero-order valence-corrected chi connectivity index (χ0v) is 19.9. The molecule has 3 N–H and O–H groups in total. The van der Waals surface area contributed by atoms with Gasteiger partial charge in [-0.3, -0.25) is 9.59 Å². The molecular formula is C26H19ClFN5O3. The smallest absolute Gasteiger partial charge is 0.258 e. The summed E-state index contributed by atoms with van der Waals surface area (Å²) in [5.41, 5.74) is 1.54. The van der Waals surface area contributed by atoms with Gasteiger partial charge in [-0.2, -0.15) is 0 Å². The number of benzene rings is 3. The molecule has 0 spiro atoms. The van der Waals surface area contributed by atoms with Crippen molar-refractivity contribution in [3.8, 4) is 5.75 Å². The van der Waals surface area contributed by atoms with Gasteiger partial charge in [0.1, 0.15) is 11.6 Å². The van der Waals surface area contributed by atoms with Gasteiger partial charge >= 0.3 is 0 Å². The summed E-state index contributed by atoms with van der Waals surface area (Å²) in [5.74, 6) is -0.324. The molecule has 0 aliphatic heterocycles. The molecule has 0 radical (unpaired) electrons. The van der Waals surface area contributed by atoms with Gasteiger partial charge in [0.05, 0.1) is 46.3 Å². The highest BCUT2D eigenvalue weighted by molar-refractivity contribution is 6.31. The highest BCUT2D eigenvalue weighted by Gasteiger charge is 2.18. The maximum atomic E-state index is 14.5. The summed E-state index contributed by atoms with van der Waals surface area (Å²) in [7, 11) is 1.45. The first-order valence-corrected chi connectivity index (χ1v) is 11.2. The van der Waals surface area contributed by atoms with Crippen molar-refractivity contribution in [1.29, 1.82) is 0 Å². The van der Waals surface area contributed by atoms with Crippen molar-refractivity contribution in [2.45, 2.75) is 6.92 Å². The SMILES string of the molecule is COc1cc(C(=O)Nc2c(C)ccc3c(Nc4cccc(Cl)c4F)nccc23)c2nc[nH]c(=O)c2c1. The third-order valence-corrected chi connectivity index (χ3v) is 6.09. The Balaban J connectivity index is 1.59. The normalized spacial score (nSPS) is 11.0. The molecule has 10 heteroatoms. The number of carbonyl (C=O) groups is 1. The van der Waals surface area contributed by atoms with Crippen LogP contribution in [0.3, 0.4) is 0 Å². The van der Waals surface area contributed by atoms with Crippen molar-refractivity contribution in [2.75, 3.05) is 17.7 Å². The van der Waals surface area contributed by atoms with Gasteiger partial charge in [0.15, 0.2) is 5.82 Å². The number of rotatable bonds is 5. The van der Waals surface area contributed by atoms with Crippen molar-refractivity contribution >= 4 is 56.4 Å². The van der Waals surface area contributed by atoms with E-state index >= 15 is 0 Å². The second-order valence-electron chi connectivity index (χ2n) is 8.00. The number of halogens is 2. The standard InChI is InChI=1S/C26H19ClFN5O3/c1-13-6-7-16-15(8-9-29-24(16)32-20-5-3-4-19(27)21(20)28)22(13)33-26(35)18-11-14(36-2)10-17-23(18)30-12-31-25(17)34/h3-12H,1-2H3,(H,29,32)(H,33,35)(H,30,31,34). The Morgan fingerprint density at radius 2 is 1.92 bits per heavy atom. The van der Waals surface area contributed by atoms with Crippen LogP contribution in [0.5, 0.6) is 5.75 Å². The number of nitrogens with zero attached hydrogens (tertiary/aromatic N) is 2. The number of hydrogen-bond donors (Lipinski definition) is 3. The van der Waals surface area contributed by atoms with Crippen molar-refractivity contribution in [3.63, 3.8) is 0 Å². The molecule has 0 saturated heterocycles. The van der Waals surface area contributed by atoms with Crippen LogP contribution >= 0.6 is 11.6 Å². The van der Waals surface area contributed by atoms with E-state index in [4.69, 9.17) is 16.3 Å². The fourth-order valence-corrected chi connectivity index (χ4v) is 4.16. The minimum absolute atomic E-state index is 0.0120. The summed E-state index contributed by atoms with van der Waals surface area (Å²) < 4.78 is 19.8. The minimum atomic E-state index is -0.592. The number of H-pyrrole nitrogens is 1. The minimum Gasteiger partial charge on any atom is -0.497 e. The van der Waals surface area contributed by atoms with E-state index in [1.54, 1.807) is 24.4 Å². The molecule has 0 unspecified atom stereocenters. The van der Waals surface area contributed by atoms with E-state index in [2.05, 4.69) is 25.6 Å². The lowest BCUT2D eigenvalue weighted by molar-refractivity contribution is 0.102. The third-order valence-electron chi connectivity index (χ3n) is 5.79. The Kier molecular flexibility index (Phi) is 5.99. The number of ether oxygens (including phenoxy) is 1. The summed E-state index contributed by atoms with van der Waals surface area (Å²) in [6, 6.07) is 13.1. The highest BCUT2D eigenvalue weighted by Crippen LogP contribution is 2.34. The van der Waals surface area contributed by atoms with E-state index in [0.717, 1.165) is 5.56 Å². The fraction of sp³-hybridized carbons (Fsp3) is 0.0769. The van der Waals surface area contributed by atoms with Crippen molar-refractivity contribution in [1.82, 2.24) is 15.0 Å². The van der Waals surface area contributed by atoms with Crippen LogP contribution in [0.15, 0.2) is 65.8 Å². The predicted molar refractivity (Wildman–Crippen MR) is 138 cm³/mol. The molecular weight excluding hydrogens is 485 g/mol. The lowest BCUT2D eigenvalue weighted by Crippen LogP contribution is -2.16.